The standard InChI is InChI=1S/C15H33OS/c1-3-4-5-6-7-8-9-10-11-12-14-17(2)15-13-16/h16H,3-15H2,1-2H3/q+1. The molecule has 0 fully saturated rings. The number of hydrogen-bond donors (Lipinski definition) is 1. The highest BCUT2D eigenvalue weighted by molar-refractivity contribution is 7.96. The Hall–Kier alpha value is 0.310. The lowest BCUT2D eigenvalue weighted by atomic mass is 10.1. The van der Waals surface area contributed by atoms with Crippen molar-refractivity contribution in [2.45, 2.75) is 71.1 Å². The largest absolute Gasteiger partial charge is 0.391 e. The Balaban J connectivity index is 2.98. The Morgan fingerprint density at radius 2 is 1.18 bits per heavy atom. The molecule has 0 aromatic heterocycles. The van der Waals surface area contributed by atoms with Gasteiger partial charge in [-0.1, -0.05) is 58.3 Å². The van der Waals surface area contributed by atoms with Crippen LogP contribution < -0.4 is 0 Å². The maximum Gasteiger partial charge on any atom is 0.130 e. The van der Waals surface area contributed by atoms with Gasteiger partial charge in [0.15, 0.2) is 0 Å². The highest BCUT2D eigenvalue weighted by Gasteiger charge is 2.08. The van der Waals surface area contributed by atoms with Crippen molar-refractivity contribution >= 4 is 10.9 Å². The van der Waals surface area contributed by atoms with Crippen LogP contribution in [0.2, 0.25) is 0 Å². The van der Waals surface area contributed by atoms with Crippen molar-refractivity contribution in [3.05, 3.63) is 0 Å². The van der Waals surface area contributed by atoms with Crippen LogP contribution in [0.25, 0.3) is 0 Å². The zero-order chi connectivity index (χ0) is 12.8. The monoisotopic (exact) mass is 261 g/mol. The van der Waals surface area contributed by atoms with Crippen molar-refractivity contribution in [2.24, 2.45) is 0 Å². The molecule has 0 amide bonds. The second kappa shape index (κ2) is 14.4. The molecule has 17 heavy (non-hydrogen) atoms. The van der Waals surface area contributed by atoms with Gasteiger partial charge in [0.1, 0.15) is 11.5 Å². The molecule has 0 saturated heterocycles. The summed E-state index contributed by atoms with van der Waals surface area (Å²) < 4.78 is 0. The first-order chi connectivity index (χ1) is 8.31. The Labute approximate surface area is 112 Å². The molecule has 1 unspecified atom stereocenters. The SMILES string of the molecule is CCCCCCCCCCCC[S+](C)CCO. The molecule has 0 aliphatic carbocycles. The van der Waals surface area contributed by atoms with Gasteiger partial charge in [-0.3, -0.25) is 0 Å². The van der Waals surface area contributed by atoms with E-state index in [4.69, 9.17) is 5.11 Å². The van der Waals surface area contributed by atoms with Crippen molar-refractivity contribution in [1.29, 1.82) is 0 Å². The summed E-state index contributed by atoms with van der Waals surface area (Å²) in [6.45, 7) is 2.65. The zero-order valence-corrected chi connectivity index (χ0v) is 12.9. The topological polar surface area (TPSA) is 20.2 Å². The second-order valence-electron chi connectivity index (χ2n) is 5.10. The summed E-state index contributed by atoms with van der Waals surface area (Å²) in [4.78, 5) is 0. The fourth-order valence-corrected chi connectivity index (χ4v) is 3.31. The number of rotatable bonds is 13. The highest BCUT2D eigenvalue weighted by Crippen LogP contribution is 2.11. The van der Waals surface area contributed by atoms with Crippen molar-refractivity contribution in [3.8, 4) is 0 Å². The van der Waals surface area contributed by atoms with Gasteiger partial charge in [0.25, 0.3) is 0 Å². The molecule has 0 rings (SSSR count). The highest BCUT2D eigenvalue weighted by atomic mass is 32.2. The summed E-state index contributed by atoms with van der Waals surface area (Å²) in [5.41, 5.74) is 0. The molecule has 1 N–H and O–H groups in total. The molecule has 0 aliphatic heterocycles. The quantitative estimate of drug-likeness (QED) is 0.390. The molecule has 0 heterocycles. The minimum atomic E-state index is 0.372. The first-order valence-electron chi connectivity index (χ1n) is 7.51. The van der Waals surface area contributed by atoms with Crippen molar-refractivity contribution in [3.63, 3.8) is 0 Å². The molecule has 0 saturated carbocycles. The van der Waals surface area contributed by atoms with Gasteiger partial charge in [-0.15, -0.1) is 0 Å². The summed E-state index contributed by atoms with van der Waals surface area (Å²) in [6, 6.07) is 0. The summed E-state index contributed by atoms with van der Waals surface area (Å²) in [5.74, 6) is 2.34. The predicted octanol–water partition coefficient (Wildman–Crippen LogP) is 4.15. The van der Waals surface area contributed by atoms with E-state index in [1.54, 1.807) is 0 Å². The average molecular weight is 261 g/mol. The van der Waals surface area contributed by atoms with E-state index in [0.29, 0.717) is 17.5 Å². The lowest BCUT2D eigenvalue weighted by Crippen LogP contribution is -2.12. The zero-order valence-electron chi connectivity index (χ0n) is 12.0. The predicted molar refractivity (Wildman–Crippen MR) is 82.0 cm³/mol. The molecular weight excluding hydrogens is 228 g/mol. The van der Waals surface area contributed by atoms with Gasteiger partial charge in [0, 0.05) is 0 Å². The third-order valence-electron chi connectivity index (χ3n) is 3.29. The molecular formula is C15H33OS+. The maximum atomic E-state index is 8.80. The Morgan fingerprint density at radius 1 is 0.706 bits per heavy atom. The summed E-state index contributed by atoms with van der Waals surface area (Å²) in [7, 11) is 0.467. The van der Waals surface area contributed by atoms with Gasteiger partial charge in [-0.2, -0.15) is 0 Å². The van der Waals surface area contributed by atoms with E-state index in [1.807, 2.05) is 0 Å². The molecule has 2 heteroatoms. The van der Waals surface area contributed by atoms with E-state index in [9.17, 15) is 0 Å². The van der Waals surface area contributed by atoms with Crippen LogP contribution in [0.5, 0.6) is 0 Å². The van der Waals surface area contributed by atoms with Gasteiger partial charge in [-0.05, 0) is 23.7 Å². The second-order valence-corrected chi connectivity index (χ2v) is 7.47. The Morgan fingerprint density at radius 3 is 1.65 bits per heavy atom. The third kappa shape index (κ3) is 14.2. The third-order valence-corrected chi connectivity index (χ3v) is 5.15. The van der Waals surface area contributed by atoms with Crippen LogP contribution in [0.3, 0.4) is 0 Å². The minimum absolute atomic E-state index is 0.372. The number of unbranched alkanes of at least 4 members (excludes halogenated alkanes) is 9. The normalized spacial score (nSPS) is 12.9. The van der Waals surface area contributed by atoms with E-state index < -0.39 is 0 Å². The van der Waals surface area contributed by atoms with Gasteiger partial charge in [0.05, 0.1) is 12.9 Å². The molecule has 1 atom stereocenters. The van der Waals surface area contributed by atoms with Gasteiger partial charge < -0.3 is 5.11 Å². The molecule has 0 radical (unpaired) electrons. The van der Waals surface area contributed by atoms with E-state index in [-0.39, 0.29) is 0 Å². The van der Waals surface area contributed by atoms with Gasteiger partial charge >= 0.3 is 0 Å². The van der Waals surface area contributed by atoms with E-state index in [2.05, 4.69) is 13.2 Å². The van der Waals surface area contributed by atoms with Crippen LogP contribution in [0.1, 0.15) is 71.1 Å². The summed E-state index contributed by atoms with van der Waals surface area (Å²) in [5, 5.41) is 8.80. The molecule has 0 bridgehead atoms. The number of aliphatic hydroxyl groups excluding tert-OH is 1. The van der Waals surface area contributed by atoms with Crippen LogP contribution in [0.15, 0.2) is 0 Å². The lowest BCUT2D eigenvalue weighted by molar-refractivity contribution is 0.322. The summed E-state index contributed by atoms with van der Waals surface area (Å²) >= 11 is 0. The molecule has 0 spiro atoms. The lowest BCUT2D eigenvalue weighted by Gasteiger charge is -2.03. The fraction of sp³-hybridized carbons (Fsp3) is 1.00. The Kier molecular flexibility index (Phi) is 14.6. The van der Waals surface area contributed by atoms with E-state index in [0.717, 1.165) is 5.75 Å². The van der Waals surface area contributed by atoms with Crippen LogP contribution >= 0.6 is 0 Å². The average Bonchev–Trinajstić information content (AvgIpc) is 2.32. The van der Waals surface area contributed by atoms with Crippen LogP contribution in [0, 0.1) is 0 Å². The smallest absolute Gasteiger partial charge is 0.130 e. The first kappa shape index (κ1) is 17.3. The van der Waals surface area contributed by atoms with Gasteiger partial charge in [0.2, 0.25) is 0 Å². The Bertz CT molecular complexity index is 139. The minimum Gasteiger partial charge on any atom is -0.391 e. The van der Waals surface area contributed by atoms with Crippen LogP contribution in [-0.2, 0) is 10.9 Å². The number of aliphatic hydroxyl groups is 1. The van der Waals surface area contributed by atoms with E-state index in [1.165, 1.54) is 70.0 Å². The van der Waals surface area contributed by atoms with Crippen molar-refractivity contribution in [2.75, 3.05) is 24.4 Å². The molecule has 0 aromatic carbocycles. The first-order valence-corrected chi connectivity index (χ1v) is 9.48. The molecule has 1 nitrogen and oxygen atoms in total. The van der Waals surface area contributed by atoms with Crippen molar-refractivity contribution in [1.82, 2.24) is 0 Å². The molecule has 0 aliphatic rings. The maximum absolute atomic E-state index is 8.80. The summed E-state index contributed by atoms with van der Waals surface area (Å²) in [6.07, 6.45) is 16.5. The van der Waals surface area contributed by atoms with Crippen molar-refractivity contribution < 1.29 is 5.11 Å². The van der Waals surface area contributed by atoms with E-state index >= 15 is 0 Å². The van der Waals surface area contributed by atoms with Crippen LogP contribution in [-0.4, -0.2) is 29.5 Å². The van der Waals surface area contributed by atoms with Crippen LogP contribution in [0.4, 0.5) is 0 Å². The number of hydrogen-bond acceptors (Lipinski definition) is 1. The fourth-order valence-electron chi connectivity index (χ4n) is 2.09. The molecule has 104 valence electrons. The van der Waals surface area contributed by atoms with Gasteiger partial charge in [-0.25, -0.2) is 0 Å². The molecule has 0 aromatic rings.